The molecule has 2 atom stereocenters. The lowest BCUT2D eigenvalue weighted by Crippen LogP contribution is -2.49. The van der Waals surface area contributed by atoms with Crippen molar-refractivity contribution in [2.75, 3.05) is 26.2 Å². The van der Waals surface area contributed by atoms with E-state index in [0.29, 0.717) is 11.8 Å². The summed E-state index contributed by atoms with van der Waals surface area (Å²) in [4.78, 5) is 35.9. The molecule has 2 fully saturated rings. The number of hydrogen-bond acceptors (Lipinski definition) is 7. The zero-order valence-corrected chi connectivity index (χ0v) is 22.6. The summed E-state index contributed by atoms with van der Waals surface area (Å²) in [5, 5.41) is 21.4. The van der Waals surface area contributed by atoms with E-state index >= 15 is 0 Å². The van der Waals surface area contributed by atoms with Crippen molar-refractivity contribution < 1.29 is 78.3 Å². The van der Waals surface area contributed by atoms with Gasteiger partial charge in [0.05, 0.1) is 0 Å². The number of aromatic nitrogens is 1. The third-order valence-corrected chi connectivity index (χ3v) is 5.62. The lowest BCUT2D eigenvalue weighted by atomic mass is 10.1. The van der Waals surface area contributed by atoms with Gasteiger partial charge in [-0.2, -0.15) is 39.5 Å². The summed E-state index contributed by atoms with van der Waals surface area (Å²) < 4.78 is 114. The highest BCUT2D eigenvalue weighted by atomic mass is 19.4. The van der Waals surface area contributed by atoms with Crippen molar-refractivity contribution in [1.29, 1.82) is 0 Å². The van der Waals surface area contributed by atoms with Crippen LogP contribution in [0.15, 0.2) is 48.8 Å². The number of rotatable bonds is 4. The summed E-state index contributed by atoms with van der Waals surface area (Å²) in [6.07, 6.45) is -10.3. The minimum absolute atomic E-state index is 0.148. The van der Waals surface area contributed by atoms with Crippen LogP contribution in [0.2, 0.25) is 0 Å². The summed E-state index contributed by atoms with van der Waals surface area (Å²) in [5.74, 6) is -7.88. The van der Waals surface area contributed by atoms with Gasteiger partial charge in [0.2, 0.25) is 0 Å². The van der Waals surface area contributed by atoms with E-state index in [4.69, 9.17) is 34.4 Å². The molecule has 4 rings (SSSR count). The number of carboxylic acids is 3. The first-order valence-electron chi connectivity index (χ1n) is 12.3. The van der Waals surface area contributed by atoms with Gasteiger partial charge in [-0.1, -0.05) is 12.1 Å². The number of alkyl halides is 9. The molecule has 0 saturated carbocycles. The van der Waals surface area contributed by atoms with Crippen LogP contribution >= 0.6 is 0 Å². The standard InChI is InChI=1S/C19H22FN3O.3C2HF3O2/c20-16-4-1-5-18(9-16)24-19-10-17-13-22(7-8-23(17)14-19)12-15-3-2-6-21-11-15;3*3-2(4,5)1(6)7/h1-6,9,11,17,19H,7-8,10,12-14H2;3*(H,6,7). The minimum atomic E-state index is -5.08. The molecule has 20 heteroatoms. The number of benzene rings is 1. The third kappa shape index (κ3) is 15.4. The van der Waals surface area contributed by atoms with E-state index in [0.717, 1.165) is 39.1 Å². The van der Waals surface area contributed by atoms with Gasteiger partial charge in [0.1, 0.15) is 17.7 Å². The molecule has 1 aromatic heterocycles. The van der Waals surface area contributed by atoms with Gasteiger partial charge in [0.25, 0.3) is 0 Å². The molecule has 2 aromatic rings. The van der Waals surface area contributed by atoms with Gasteiger partial charge >= 0.3 is 36.4 Å². The molecular formula is C25H25F10N3O7. The van der Waals surface area contributed by atoms with Crippen molar-refractivity contribution in [3.63, 3.8) is 0 Å². The Morgan fingerprint density at radius 2 is 1.36 bits per heavy atom. The average Bonchev–Trinajstić information content (AvgIpc) is 3.30. The first-order chi connectivity index (χ1) is 20.6. The first-order valence-corrected chi connectivity index (χ1v) is 12.3. The second-order valence-corrected chi connectivity index (χ2v) is 9.09. The molecule has 0 aliphatic carbocycles. The molecule has 0 bridgehead atoms. The van der Waals surface area contributed by atoms with Crippen LogP contribution in [0.5, 0.6) is 5.75 Å². The number of pyridine rings is 1. The van der Waals surface area contributed by atoms with Crippen LogP contribution in [-0.2, 0) is 20.9 Å². The number of aliphatic carboxylic acids is 3. The molecule has 0 spiro atoms. The Hall–Kier alpha value is -4.20. The number of ether oxygens (including phenoxy) is 1. The number of carbonyl (C=O) groups is 3. The molecule has 2 aliphatic heterocycles. The largest absolute Gasteiger partial charge is 0.490 e. The number of fused-ring (bicyclic) bond motifs is 1. The fourth-order valence-electron chi connectivity index (χ4n) is 3.77. The van der Waals surface area contributed by atoms with Gasteiger partial charge in [-0.05, 0) is 23.8 Å². The van der Waals surface area contributed by atoms with E-state index in [-0.39, 0.29) is 11.9 Å². The van der Waals surface area contributed by atoms with E-state index in [1.54, 1.807) is 6.07 Å². The van der Waals surface area contributed by atoms with Crippen molar-refractivity contribution in [2.45, 2.75) is 43.6 Å². The molecule has 0 amide bonds. The number of carboxylic acid groups (broad SMARTS) is 3. The summed E-state index contributed by atoms with van der Waals surface area (Å²) in [6.45, 7) is 5.07. The van der Waals surface area contributed by atoms with Crippen LogP contribution in [0.3, 0.4) is 0 Å². The van der Waals surface area contributed by atoms with Crippen LogP contribution in [0, 0.1) is 5.82 Å². The SMILES string of the molecule is Fc1cccc(OC2CC3CN(Cc4cccnc4)CCN3C2)c1.O=C(O)C(F)(F)F.O=C(O)C(F)(F)F.O=C(O)C(F)(F)F. The monoisotopic (exact) mass is 669 g/mol. The molecule has 2 unspecified atom stereocenters. The third-order valence-electron chi connectivity index (χ3n) is 5.62. The number of halogens is 10. The maximum absolute atomic E-state index is 13.3. The van der Waals surface area contributed by atoms with Gasteiger partial charge in [-0.25, -0.2) is 18.8 Å². The quantitative estimate of drug-likeness (QED) is 0.400. The van der Waals surface area contributed by atoms with Crippen molar-refractivity contribution in [3.05, 3.63) is 60.2 Å². The van der Waals surface area contributed by atoms with Gasteiger partial charge in [0.15, 0.2) is 0 Å². The normalized spacial score (nSPS) is 18.4. The van der Waals surface area contributed by atoms with E-state index in [1.807, 2.05) is 24.5 Å². The van der Waals surface area contributed by atoms with Crippen LogP contribution in [0.4, 0.5) is 43.9 Å². The van der Waals surface area contributed by atoms with Crippen molar-refractivity contribution in [1.82, 2.24) is 14.8 Å². The fourth-order valence-corrected chi connectivity index (χ4v) is 3.77. The molecule has 1 aromatic carbocycles. The van der Waals surface area contributed by atoms with Crippen molar-refractivity contribution in [3.8, 4) is 5.75 Å². The summed E-state index contributed by atoms with van der Waals surface area (Å²) in [5.41, 5.74) is 1.26. The zero-order chi connectivity index (χ0) is 34.6. The minimum Gasteiger partial charge on any atom is -0.489 e. The molecule has 0 radical (unpaired) electrons. The molecular weight excluding hydrogens is 644 g/mol. The number of piperazine rings is 1. The first kappa shape index (κ1) is 38.8. The summed E-state index contributed by atoms with van der Waals surface area (Å²) in [7, 11) is 0. The predicted octanol–water partition coefficient (Wildman–Crippen LogP) is 4.46. The highest BCUT2D eigenvalue weighted by molar-refractivity contribution is 5.73. The maximum Gasteiger partial charge on any atom is 0.490 e. The lowest BCUT2D eigenvalue weighted by Gasteiger charge is -2.37. The van der Waals surface area contributed by atoms with Gasteiger partial charge in [-0.3, -0.25) is 14.8 Å². The van der Waals surface area contributed by atoms with Crippen LogP contribution in [0.1, 0.15) is 12.0 Å². The molecule has 2 aliphatic rings. The Labute approximate surface area is 247 Å². The second-order valence-electron chi connectivity index (χ2n) is 9.09. The van der Waals surface area contributed by atoms with Crippen LogP contribution in [0.25, 0.3) is 0 Å². The van der Waals surface area contributed by atoms with Gasteiger partial charge in [0, 0.05) is 63.6 Å². The van der Waals surface area contributed by atoms with Gasteiger partial charge in [-0.15, -0.1) is 0 Å². The van der Waals surface area contributed by atoms with E-state index in [9.17, 15) is 43.9 Å². The van der Waals surface area contributed by atoms with Crippen LogP contribution < -0.4 is 4.74 Å². The number of hydrogen-bond donors (Lipinski definition) is 3. The summed E-state index contributed by atoms with van der Waals surface area (Å²) in [6, 6.07) is 11.1. The smallest absolute Gasteiger partial charge is 0.489 e. The van der Waals surface area contributed by atoms with Crippen molar-refractivity contribution >= 4 is 17.9 Å². The Morgan fingerprint density at radius 1 is 0.822 bits per heavy atom. The average molecular weight is 669 g/mol. The molecule has 2 saturated heterocycles. The van der Waals surface area contributed by atoms with Gasteiger partial charge < -0.3 is 20.1 Å². The lowest BCUT2D eigenvalue weighted by molar-refractivity contribution is -0.193. The Kier molecular flexibility index (Phi) is 14.5. The fraction of sp³-hybridized carbons (Fsp3) is 0.440. The molecule has 252 valence electrons. The van der Waals surface area contributed by atoms with E-state index in [1.165, 1.54) is 17.7 Å². The Bertz CT molecular complexity index is 1190. The highest BCUT2D eigenvalue weighted by Crippen LogP contribution is 2.27. The van der Waals surface area contributed by atoms with E-state index in [2.05, 4.69) is 20.9 Å². The van der Waals surface area contributed by atoms with Crippen LogP contribution in [-0.4, -0.2) is 105 Å². The Balaban J connectivity index is 0.000000396. The van der Waals surface area contributed by atoms with E-state index < -0.39 is 36.4 Å². The zero-order valence-electron chi connectivity index (χ0n) is 22.6. The molecule has 3 heterocycles. The molecule has 45 heavy (non-hydrogen) atoms. The number of nitrogens with zero attached hydrogens (tertiary/aromatic N) is 3. The summed E-state index contributed by atoms with van der Waals surface area (Å²) >= 11 is 0. The molecule has 3 N–H and O–H groups in total. The van der Waals surface area contributed by atoms with Crippen molar-refractivity contribution in [2.24, 2.45) is 0 Å². The molecule has 10 nitrogen and oxygen atoms in total. The second kappa shape index (κ2) is 16.8. The predicted molar refractivity (Wildman–Crippen MR) is 131 cm³/mol. The highest BCUT2D eigenvalue weighted by Gasteiger charge is 2.40. The maximum atomic E-state index is 13.3. The Morgan fingerprint density at radius 3 is 1.80 bits per heavy atom. The topological polar surface area (TPSA) is 140 Å².